The number of urea groups is 1. The highest BCUT2D eigenvalue weighted by atomic mass is 19.4. The Bertz CT molecular complexity index is 913. The number of alkyl carbamates (subject to hydrolysis) is 1. The van der Waals surface area contributed by atoms with Crippen molar-refractivity contribution in [2.75, 3.05) is 26.2 Å². The molecule has 2 fully saturated rings. The third-order valence-corrected chi connectivity index (χ3v) is 6.10. The maximum absolute atomic E-state index is 13.2. The monoisotopic (exact) mass is 480 g/mol. The highest BCUT2D eigenvalue weighted by Crippen LogP contribution is 2.33. The molecule has 0 bridgehead atoms. The average molecular weight is 481 g/mol. The lowest BCUT2D eigenvalue weighted by molar-refractivity contribution is -0.137. The maximum Gasteiger partial charge on any atom is 0.416 e. The Labute approximate surface area is 197 Å². The molecule has 1 aromatic carbocycles. The lowest BCUT2D eigenvalue weighted by Crippen LogP contribution is -2.56. The molecule has 1 aromatic rings. The molecular formula is C24H31F3N4O3. The highest BCUT2D eigenvalue weighted by Gasteiger charge is 2.36. The third kappa shape index (κ3) is 6.78. The minimum Gasteiger partial charge on any atom is -0.444 e. The number of rotatable bonds is 2. The fourth-order valence-corrected chi connectivity index (χ4v) is 4.42. The number of piperidine rings is 2. The van der Waals surface area contributed by atoms with Gasteiger partial charge in [-0.3, -0.25) is 0 Å². The topological polar surface area (TPSA) is 85.7 Å². The van der Waals surface area contributed by atoms with Crippen LogP contribution in [0.5, 0.6) is 0 Å². The van der Waals surface area contributed by atoms with E-state index in [1.54, 1.807) is 30.6 Å². The Morgan fingerprint density at radius 2 is 1.68 bits per heavy atom. The number of nitriles is 1. The molecular weight excluding hydrogens is 449 g/mol. The first-order valence-corrected chi connectivity index (χ1v) is 11.5. The van der Waals surface area contributed by atoms with Crippen molar-refractivity contribution in [2.45, 2.75) is 63.8 Å². The van der Waals surface area contributed by atoms with Crippen molar-refractivity contribution in [1.82, 2.24) is 15.1 Å². The average Bonchev–Trinajstić information content (AvgIpc) is 2.76. The van der Waals surface area contributed by atoms with E-state index in [0.717, 1.165) is 12.1 Å². The lowest BCUT2D eigenvalue weighted by atomic mass is 9.87. The Hall–Kier alpha value is -2.96. The Morgan fingerprint density at radius 3 is 2.21 bits per heavy atom. The second-order valence-corrected chi connectivity index (χ2v) is 9.97. The summed E-state index contributed by atoms with van der Waals surface area (Å²) in [7, 11) is 0. The molecule has 2 aliphatic heterocycles. The number of hydrogen-bond acceptors (Lipinski definition) is 4. The van der Waals surface area contributed by atoms with Crippen molar-refractivity contribution in [3.8, 4) is 6.07 Å². The number of benzene rings is 1. The van der Waals surface area contributed by atoms with Gasteiger partial charge >= 0.3 is 18.3 Å². The van der Waals surface area contributed by atoms with Crippen LogP contribution < -0.4 is 5.32 Å². The normalized spacial score (nSPS) is 22.1. The second-order valence-electron chi connectivity index (χ2n) is 9.97. The van der Waals surface area contributed by atoms with Gasteiger partial charge in [0.2, 0.25) is 0 Å². The summed E-state index contributed by atoms with van der Waals surface area (Å²) in [5.41, 5.74) is -0.750. The van der Waals surface area contributed by atoms with Gasteiger partial charge in [0.05, 0.1) is 17.7 Å². The van der Waals surface area contributed by atoms with Gasteiger partial charge in [0.25, 0.3) is 0 Å². The van der Waals surface area contributed by atoms with Crippen molar-refractivity contribution >= 4 is 12.1 Å². The van der Waals surface area contributed by atoms with Crippen LogP contribution in [0, 0.1) is 17.2 Å². The quantitative estimate of drug-likeness (QED) is 0.662. The number of halogens is 3. The van der Waals surface area contributed by atoms with Crippen LogP contribution in [0.1, 0.15) is 57.1 Å². The summed E-state index contributed by atoms with van der Waals surface area (Å²) in [6.45, 7) is 6.80. The van der Waals surface area contributed by atoms with Crippen LogP contribution in [-0.4, -0.2) is 59.7 Å². The zero-order valence-electron chi connectivity index (χ0n) is 19.7. The van der Waals surface area contributed by atoms with Crippen molar-refractivity contribution in [2.24, 2.45) is 5.92 Å². The van der Waals surface area contributed by atoms with Crippen LogP contribution in [0.15, 0.2) is 24.3 Å². The van der Waals surface area contributed by atoms with E-state index in [2.05, 4.69) is 11.4 Å². The molecule has 2 aliphatic rings. The van der Waals surface area contributed by atoms with Crippen LogP contribution in [0.2, 0.25) is 0 Å². The summed E-state index contributed by atoms with van der Waals surface area (Å²) in [5, 5.41) is 11.9. The molecule has 3 rings (SSSR count). The van der Waals surface area contributed by atoms with Gasteiger partial charge in [0, 0.05) is 38.0 Å². The SMILES string of the molecule is CC(C)(C)OC(=O)NC1CC(c2ccc(C(F)(F)F)cc2)CN(C(=O)N2CCC(C#N)CC2)C1. The highest BCUT2D eigenvalue weighted by molar-refractivity contribution is 5.75. The molecule has 10 heteroatoms. The molecule has 0 spiro atoms. The summed E-state index contributed by atoms with van der Waals surface area (Å²) in [4.78, 5) is 29.0. The van der Waals surface area contributed by atoms with Gasteiger partial charge in [0.15, 0.2) is 0 Å². The van der Waals surface area contributed by atoms with E-state index in [9.17, 15) is 22.8 Å². The summed E-state index contributed by atoms with van der Waals surface area (Å²) >= 11 is 0. The fraction of sp³-hybridized carbons (Fsp3) is 0.625. The number of nitrogens with zero attached hydrogens (tertiary/aromatic N) is 3. The van der Waals surface area contributed by atoms with Crippen LogP contribution in [0.4, 0.5) is 22.8 Å². The number of carbonyl (C=O) groups is 2. The molecule has 3 amide bonds. The Morgan fingerprint density at radius 1 is 1.06 bits per heavy atom. The number of nitrogens with one attached hydrogen (secondary N) is 1. The van der Waals surface area contributed by atoms with E-state index in [-0.39, 0.29) is 24.4 Å². The number of hydrogen-bond donors (Lipinski definition) is 1. The largest absolute Gasteiger partial charge is 0.444 e. The number of likely N-dealkylation sites (tertiary alicyclic amines) is 2. The van der Waals surface area contributed by atoms with E-state index >= 15 is 0 Å². The molecule has 2 unspecified atom stereocenters. The smallest absolute Gasteiger partial charge is 0.416 e. The van der Waals surface area contributed by atoms with E-state index in [0.29, 0.717) is 44.5 Å². The molecule has 1 N–H and O–H groups in total. The molecule has 34 heavy (non-hydrogen) atoms. The van der Waals surface area contributed by atoms with Gasteiger partial charge in [-0.05, 0) is 57.7 Å². The van der Waals surface area contributed by atoms with Gasteiger partial charge in [0.1, 0.15) is 5.60 Å². The Balaban J connectivity index is 1.77. The molecule has 2 saturated heterocycles. The van der Waals surface area contributed by atoms with Gasteiger partial charge in [-0.15, -0.1) is 0 Å². The molecule has 2 atom stereocenters. The van der Waals surface area contributed by atoms with E-state index in [4.69, 9.17) is 10.00 Å². The number of amides is 3. The van der Waals surface area contributed by atoms with Crippen molar-refractivity contribution < 1.29 is 27.5 Å². The first-order valence-electron chi connectivity index (χ1n) is 11.5. The lowest BCUT2D eigenvalue weighted by Gasteiger charge is -2.41. The number of ether oxygens (including phenoxy) is 1. The summed E-state index contributed by atoms with van der Waals surface area (Å²) in [6.07, 6.45) is -3.35. The fourth-order valence-electron chi connectivity index (χ4n) is 4.42. The third-order valence-electron chi connectivity index (χ3n) is 6.10. The number of carbonyl (C=O) groups excluding carboxylic acids is 2. The van der Waals surface area contributed by atoms with Gasteiger partial charge in [-0.1, -0.05) is 12.1 Å². The standard InChI is InChI=1S/C24H31F3N4O3/c1-23(2,3)34-21(32)29-20-12-18(17-4-6-19(7-5-17)24(25,26)27)14-31(15-20)22(33)30-10-8-16(13-28)9-11-30/h4-7,16,18,20H,8-12,14-15H2,1-3H3,(H,29,32). The molecule has 0 aromatic heterocycles. The zero-order valence-corrected chi connectivity index (χ0v) is 19.7. The molecule has 0 saturated carbocycles. The van der Waals surface area contributed by atoms with Crippen LogP contribution in [0.25, 0.3) is 0 Å². The molecule has 186 valence electrons. The minimum atomic E-state index is -4.43. The zero-order chi connectivity index (χ0) is 25.1. The minimum absolute atomic E-state index is 0.0631. The van der Waals surface area contributed by atoms with Crippen molar-refractivity contribution in [3.63, 3.8) is 0 Å². The number of alkyl halides is 3. The second kappa shape index (κ2) is 10.1. The Kier molecular flexibility index (Phi) is 7.64. The maximum atomic E-state index is 13.2. The summed E-state index contributed by atoms with van der Waals surface area (Å²) < 4.78 is 44.3. The van der Waals surface area contributed by atoms with Gasteiger partial charge < -0.3 is 19.9 Å². The summed E-state index contributed by atoms with van der Waals surface area (Å²) in [5.74, 6) is -0.316. The van der Waals surface area contributed by atoms with E-state index in [1.807, 2.05) is 0 Å². The predicted molar refractivity (Wildman–Crippen MR) is 119 cm³/mol. The predicted octanol–water partition coefficient (Wildman–Crippen LogP) is 4.74. The first kappa shape index (κ1) is 25.7. The molecule has 2 heterocycles. The van der Waals surface area contributed by atoms with Crippen LogP contribution in [0.3, 0.4) is 0 Å². The van der Waals surface area contributed by atoms with Crippen LogP contribution in [-0.2, 0) is 10.9 Å². The summed E-state index contributed by atoms with van der Waals surface area (Å²) in [6, 6.07) is 6.58. The van der Waals surface area contributed by atoms with Gasteiger partial charge in [-0.25, -0.2) is 9.59 Å². The van der Waals surface area contributed by atoms with E-state index in [1.165, 1.54) is 12.1 Å². The van der Waals surface area contributed by atoms with Gasteiger partial charge in [-0.2, -0.15) is 18.4 Å². The molecule has 0 aliphatic carbocycles. The van der Waals surface area contributed by atoms with E-state index < -0.39 is 29.5 Å². The van der Waals surface area contributed by atoms with Crippen molar-refractivity contribution in [1.29, 1.82) is 5.26 Å². The van der Waals surface area contributed by atoms with Crippen LogP contribution >= 0.6 is 0 Å². The van der Waals surface area contributed by atoms with Crippen molar-refractivity contribution in [3.05, 3.63) is 35.4 Å². The molecule has 0 radical (unpaired) electrons. The first-order chi connectivity index (χ1) is 15.9. The molecule has 7 nitrogen and oxygen atoms in total.